The highest BCUT2D eigenvalue weighted by Crippen LogP contribution is 2.25. The molecule has 0 aliphatic rings. The van der Waals surface area contributed by atoms with Gasteiger partial charge < -0.3 is 11.1 Å². The first-order valence-corrected chi connectivity index (χ1v) is 6.50. The number of rotatable bonds is 3. The molecule has 0 unspecified atom stereocenters. The van der Waals surface area contributed by atoms with Crippen LogP contribution in [0.2, 0.25) is 0 Å². The second-order valence-electron chi connectivity index (χ2n) is 3.22. The van der Waals surface area contributed by atoms with Crippen LogP contribution in [0.25, 0.3) is 0 Å². The van der Waals surface area contributed by atoms with E-state index in [-0.39, 0.29) is 16.1 Å². The number of thioether (sulfide) groups is 1. The van der Waals surface area contributed by atoms with Crippen molar-refractivity contribution in [3.05, 3.63) is 34.4 Å². The molecule has 98 valence electrons. The Morgan fingerprint density at radius 2 is 2.05 bits per heavy atom. The number of nitro groups is 1. The summed E-state index contributed by atoms with van der Waals surface area (Å²) >= 11 is 1.95. The molecule has 3 N–H and O–H groups in total. The van der Waals surface area contributed by atoms with E-state index in [4.69, 9.17) is 5.73 Å². The van der Waals surface area contributed by atoms with Crippen LogP contribution in [0.3, 0.4) is 0 Å². The number of anilines is 2. The van der Waals surface area contributed by atoms with Gasteiger partial charge in [0.15, 0.2) is 4.34 Å². The average molecular weight is 297 g/mol. The fourth-order valence-corrected chi connectivity index (χ4v) is 2.55. The molecule has 1 aromatic heterocycles. The van der Waals surface area contributed by atoms with Crippen LogP contribution >= 0.6 is 23.1 Å². The summed E-state index contributed by atoms with van der Waals surface area (Å²) in [5.41, 5.74) is 5.81. The monoisotopic (exact) mass is 297 g/mol. The molecule has 2 aromatic rings. The molecule has 8 nitrogen and oxygen atoms in total. The largest absolute Gasteiger partial charge is 0.374 e. The number of hydrogen-bond acceptors (Lipinski definition) is 8. The van der Waals surface area contributed by atoms with Gasteiger partial charge in [0.1, 0.15) is 0 Å². The molecule has 0 aliphatic heterocycles. The fourth-order valence-electron chi connectivity index (χ4n) is 1.15. The average Bonchev–Trinajstić information content (AvgIpc) is 2.75. The zero-order valence-electron chi connectivity index (χ0n) is 9.27. The minimum absolute atomic E-state index is 0.0393. The molecule has 0 radical (unpaired) electrons. The number of amides is 1. The molecular weight excluding hydrogens is 290 g/mol. The number of non-ortho nitro benzene ring substituents is 1. The smallest absolute Gasteiger partial charge is 0.290 e. The van der Waals surface area contributed by atoms with E-state index in [2.05, 4.69) is 15.5 Å². The van der Waals surface area contributed by atoms with Gasteiger partial charge in [-0.3, -0.25) is 14.9 Å². The maximum atomic E-state index is 11.6. The Morgan fingerprint density at radius 3 is 2.58 bits per heavy atom. The van der Waals surface area contributed by atoms with Crippen molar-refractivity contribution in [1.82, 2.24) is 10.2 Å². The molecule has 2 rings (SSSR count). The Kier molecular flexibility index (Phi) is 3.92. The SMILES string of the molecule is Nc1nnc(SC(=O)Nc2ccc([N+](=O)[O-])cc2)s1. The molecule has 1 amide bonds. The van der Waals surface area contributed by atoms with Gasteiger partial charge >= 0.3 is 0 Å². The summed E-state index contributed by atoms with van der Waals surface area (Å²) < 4.78 is 0.428. The number of carbonyl (C=O) groups is 1. The lowest BCUT2D eigenvalue weighted by molar-refractivity contribution is -0.384. The van der Waals surface area contributed by atoms with Gasteiger partial charge in [0.25, 0.3) is 10.9 Å². The van der Waals surface area contributed by atoms with Gasteiger partial charge in [-0.1, -0.05) is 11.3 Å². The lowest BCUT2D eigenvalue weighted by Crippen LogP contribution is -2.04. The van der Waals surface area contributed by atoms with Gasteiger partial charge in [0, 0.05) is 29.6 Å². The Labute approximate surface area is 115 Å². The lowest BCUT2D eigenvalue weighted by atomic mass is 10.3. The first-order chi connectivity index (χ1) is 9.04. The van der Waals surface area contributed by atoms with Crippen LogP contribution in [-0.4, -0.2) is 20.4 Å². The van der Waals surface area contributed by atoms with Crippen molar-refractivity contribution in [2.24, 2.45) is 0 Å². The van der Waals surface area contributed by atoms with Crippen LogP contribution in [0.15, 0.2) is 28.6 Å². The normalized spacial score (nSPS) is 10.1. The van der Waals surface area contributed by atoms with Crippen LogP contribution in [0, 0.1) is 10.1 Å². The van der Waals surface area contributed by atoms with Crippen molar-refractivity contribution in [2.75, 3.05) is 11.1 Å². The zero-order chi connectivity index (χ0) is 13.8. The molecule has 1 aromatic carbocycles. The van der Waals surface area contributed by atoms with E-state index in [1.807, 2.05) is 0 Å². The highest BCUT2D eigenvalue weighted by atomic mass is 32.2. The summed E-state index contributed by atoms with van der Waals surface area (Å²) in [6.07, 6.45) is 0. The van der Waals surface area contributed by atoms with Crippen molar-refractivity contribution in [3.63, 3.8) is 0 Å². The third-order valence-electron chi connectivity index (χ3n) is 1.93. The second-order valence-corrected chi connectivity index (χ2v) is 5.45. The summed E-state index contributed by atoms with van der Waals surface area (Å²) in [6.45, 7) is 0. The van der Waals surface area contributed by atoms with Gasteiger partial charge in [-0.05, 0) is 12.1 Å². The number of hydrogen-bond donors (Lipinski definition) is 2. The third-order valence-corrected chi connectivity index (χ3v) is 3.52. The van der Waals surface area contributed by atoms with Gasteiger partial charge in [0.05, 0.1) is 4.92 Å². The van der Waals surface area contributed by atoms with Crippen molar-refractivity contribution >= 4 is 44.8 Å². The second kappa shape index (κ2) is 5.63. The lowest BCUT2D eigenvalue weighted by Gasteiger charge is -2.02. The van der Waals surface area contributed by atoms with E-state index >= 15 is 0 Å². The summed E-state index contributed by atoms with van der Waals surface area (Å²) in [4.78, 5) is 21.6. The van der Waals surface area contributed by atoms with Crippen LogP contribution in [0.5, 0.6) is 0 Å². The molecule has 0 saturated heterocycles. The van der Waals surface area contributed by atoms with Crippen molar-refractivity contribution in [3.8, 4) is 0 Å². The summed E-state index contributed by atoms with van der Waals surface area (Å²) in [6, 6.07) is 5.52. The van der Waals surface area contributed by atoms with E-state index < -0.39 is 4.92 Å². The summed E-state index contributed by atoms with van der Waals surface area (Å²) in [5, 5.41) is 20.2. The third kappa shape index (κ3) is 3.63. The van der Waals surface area contributed by atoms with Crippen LogP contribution in [0.4, 0.5) is 21.3 Å². The molecule has 10 heteroatoms. The maximum absolute atomic E-state index is 11.6. The standard InChI is InChI=1S/C9H7N5O3S2/c10-7-12-13-9(18-7)19-8(15)11-5-1-3-6(4-2-5)14(16)17/h1-4H,(H2,10,12)(H,11,15). The summed E-state index contributed by atoms with van der Waals surface area (Å²) in [7, 11) is 0. The number of nitrogens with one attached hydrogen (secondary N) is 1. The number of benzene rings is 1. The molecule has 0 bridgehead atoms. The highest BCUT2D eigenvalue weighted by Gasteiger charge is 2.10. The Hall–Kier alpha value is -2.20. The number of nitro benzene ring substituents is 1. The van der Waals surface area contributed by atoms with Gasteiger partial charge in [-0.2, -0.15) is 0 Å². The van der Waals surface area contributed by atoms with Crippen molar-refractivity contribution in [2.45, 2.75) is 4.34 Å². The molecule has 0 saturated carbocycles. The predicted octanol–water partition coefficient (Wildman–Crippen LogP) is 2.35. The van der Waals surface area contributed by atoms with Gasteiger partial charge in [0.2, 0.25) is 5.13 Å². The Balaban J connectivity index is 1.97. The minimum atomic E-state index is -0.510. The van der Waals surface area contributed by atoms with Crippen LogP contribution < -0.4 is 11.1 Å². The van der Waals surface area contributed by atoms with Gasteiger partial charge in [-0.15, -0.1) is 10.2 Å². The molecule has 0 spiro atoms. The molecular formula is C9H7N5O3S2. The first-order valence-electron chi connectivity index (χ1n) is 4.87. The number of aromatic nitrogens is 2. The predicted molar refractivity (Wildman–Crippen MR) is 72.3 cm³/mol. The van der Waals surface area contributed by atoms with Crippen LogP contribution in [0.1, 0.15) is 0 Å². The molecule has 0 atom stereocenters. The van der Waals surface area contributed by atoms with E-state index in [1.165, 1.54) is 24.3 Å². The first kappa shape index (κ1) is 13.2. The maximum Gasteiger partial charge on any atom is 0.290 e. The zero-order valence-corrected chi connectivity index (χ0v) is 10.9. The molecule has 0 aliphatic carbocycles. The quantitative estimate of drug-likeness (QED) is 0.506. The summed E-state index contributed by atoms with van der Waals surface area (Å²) in [5.74, 6) is 0. The van der Waals surface area contributed by atoms with E-state index in [0.717, 1.165) is 23.1 Å². The van der Waals surface area contributed by atoms with Crippen molar-refractivity contribution in [1.29, 1.82) is 0 Å². The minimum Gasteiger partial charge on any atom is -0.374 e. The van der Waals surface area contributed by atoms with Gasteiger partial charge in [-0.25, -0.2) is 0 Å². The van der Waals surface area contributed by atoms with Crippen LogP contribution in [-0.2, 0) is 0 Å². The molecule has 0 fully saturated rings. The molecule has 19 heavy (non-hydrogen) atoms. The number of nitrogen functional groups attached to an aromatic ring is 1. The topological polar surface area (TPSA) is 124 Å². The number of nitrogens with zero attached hydrogens (tertiary/aromatic N) is 3. The Bertz CT molecular complexity index is 613. The Morgan fingerprint density at radius 1 is 1.37 bits per heavy atom. The van der Waals surface area contributed by atoms with E-state index in [0.29, 0.717) is 10.0 Å². The number of nitrogens with two attached hydrogens (primary N) is 1. The van der Waals surface area contributed by atoms with Crippen molar-refractivity contribution < 1.29 is 9.72 Å². The molecule has 1 heterocycles. The fraction of sp³-hybridized carbons (Fsp3) is 0. The van der Waals surface area contributed by atoms with E-state index in [1.54, 1.807) is 0 Å². The van der Waals surface area contributed by atoms with E-state index in [9.17, 15) is 14.9 Å². The highest BCUT2D eigenvalue weighted by molar-refractivity contribution is 8.15. The number of carbonyl (C=O) groups excluding carboxylic acids is 1.